The first-order valence-corrected chi connectivity index (χ1v) is 13.7. The number of alkyl halides is 3. The van der Waals surface area contributed by atoms with E-state index < -0.39 is 31.0 Å². The summed E-state index contributed by atoms with van der Waals surface area (Å²) in [6.45, 7) is 1.17. The predicted octanol–water partition coefficient (Wildman–Crippen LogP) is 2.70. The average Bonchev–Trinajstić information content (AvgIpc) is 3.41. The Kier molecular flexibility index (Phi) is 10.1. The second kappa shape index (κ2) is 12.8. The number of aromatic nitrogens is 3. The summed E-state index contributed by atoms with van der Waals surface area (Å²) in [6, 6.07) is 0. The molecular formula is C22H27F3N6O4S2. The van der Waals surface area contributed by atoms with Crippen molar-refractivity contribution in [2.24, 2.45) is 4.99 Å². The summed E-state index contributed by atoms with van der Waals surface area (Å²) < 4.78 is 51.2. The predicted molar refractivity (Wildman–Crippen MR) is 136 cm³/mol. The highest BCUT2D eigenvalue weighted by Gasteiger charge is 2.39. The van der Waals surface area contributed by atoms with Gasteiger partial charge in [-0.25, -0.2) is 15.0 Å². The van der Waals surface area contributed by atoms with Crippen molar-refractivity contribution in [3.8, 4) is 11.8 Å². The van der Waals surface area contributed by atoms with Gasteiger partial charge in [-0.2, -0.15) is 13.2 Å². The number of rotatable bonds is 9. The van der Waals surface area contributed by atoms with Crippen LogP contribution in [0, 0.1) is 11.8 Å². The standard InChI is InChI=1S/C22H27F3N6O4S2/c1-13(37-36-4)34-15-8-17(35-16(15)10-32)31-9-14(6-5-7-26-21(33)22(23,24)25)18-19(29-12-30(2)3)27-11-28-20(18)31/h9,11-13,15-17,32H,7-8,10H2,1-4H3,(H,26,33)/t13-,15?,16-,17-/m1/s1. The molecule has 10 nitrogen and oxygen atoms in total. The van der Waals surface area contributed by atoms with E-state index in [1.807, 2.05) is 13.2 Å². The van der Waals surface area contributed by atoms with Crippen LogP contribution in [0.4, 0.5) is 19.0 Å². The van der Waals surface area contributed by atoms with Crippen LogP contribution in [0.25, 0.3) is 11.0 Å². The number of halogens is 3. The number of aliphatic hydroxyl groups is 1. The Labute approximate surface area is 219 Å². The molecule has 0 radical (unpaired) electrons. The lowest BCUT2D eigenvalue weighted by molar-refractivity contribution is -0.173. The number of fused-ring (bicyclic) bond motifs is 1. The number of nitrogens with zero attached hydrogens (tertiary/aromatic N) is 5. The highest BCUT2D eigenvalue weighted by atomic mass is 33.1. The molecule has 0 aromatic carbocycles. The number of carbonyl (C=O) groups is 1. The molecule has 1 unspecified atom stereocenters. The molecule has 2 aromatic heterocycles. The normalized spacial score (nSPS) is 20.7. The van der Waals surface area contributed by atoms with E-state index in [0.717, 1.165) is 0 Å². The number of hydrogen-bond acceptors (Lipinski definition) is 9. The molecule has 1 aliphatic heterocycles. The molecule has 3 rings (SSSR count). The summed E-state index contributed by atoms with van der Waals surface area (Å²) in [5.41, 5.74) is 0.710. The van der Waals surface area contributed by atoms with Crippen LogP contribution in [-0.4, -0.2) is 94.1 Å². The second-order valence-electron chi connectivity index (χ2n) is 8.09. The minimum Gasteiger partial charge on any atom is -0.394 e. The highest BCUT2D eigenvalue weighted by molar-refractivity contribution is 8.76. The molecule has 3 heterocycles. The third-order valence-electron chi connectivity index (χ3n) is 5.09. The maximum atomic E-state index is 12.5. The maximum absolute atomic E-state index is 12.5. The summed E-state index contributed by atoms with van der Waals surface area (Å²) in [4.78, 5) is 25.8. The van der Waals surface area contributed by atoms with Crippen LogP contribution in [-0.2, 0) is 14.3 Å². The third kappa shape index (κ3) is 7.51. The maximum Gasteiger partial charge on any atom is 0.471 e. The molecule has 2 aromatic rings. The van der Waals surface area contributed by atoms with Crippen molar-refractivity contribution in [3.63, 3.8) is 0 Å². The van der Waals surface area contributed by atoms with Gasteiger partial charge in [-0.3, -0.25) is 4.79 Å². The highest BCUT2D eigenvalue weighted by Crippen LogP contribution is 2.38. The van der Waals surface area contributed by atoms with Crippen LogP contribution in [0.1, 0.15) is 25.1 Å². The average molecular weight is 561 g/mol. The lowest BCUT2D eigenvalue weighted by atomic mass is 10.2. The Morgan fingerprint density at radius 2 is 2.24 bits per heavy atom. The van der Waals surface area contributed by atoms with Gasteiger partial charge >= 0.3 is 12.1 Å². The van der Waals surface area contributed by atoms with Gasteiger partial charge in [0.1, 0.15) is 29.7 Å². The van der Waals surface area contributed by atoms with Gasteiger partial charge in [-0.1, -0.05) is 33.4 Å². The van der Waals surface area contributed by atoms with E-state index in [1.54, 1.807) is 63.0 Å². The molecule has 15 heteroatoms. The summed E-state index contributed by atoms with van der Waals surface area (Å²) in [7, 11) is 6.69. The summed E-state index contributed by atoms with van der Waals surface area (Å²) in [5, 5.41) is 12.0. The Balaban J connectivity index is 1.96. The zero-order valence-corrected chi connectivity index (χ0v) is 22.2. The topological polar surface area (TPSA) is 114 Å². The van der Waals surface area contributed by atoms with Gasteiger partial charge in [0, 0.05) is 26.7 Å². The van der Waals surface area contributed by atoms with Crippen LogP contribution in [0.2, 0.25) is 0 Å². The Morgan fingerprint density at radius 3 is 2.89 bits per heavy atom. The van der Waals surface area contributed by atoms with Crippen molar-refractivity contribution >= 4 is 50.7 Å². The molecule has 0 aliphatic carbocycles. The zero-order valence-electron chi connectivity index (χ0n) is 20.5. The molecule has 0 spiro atoms. The van der Waals surface area contributed by atoms with Crippen LogP contribution in [0.3, 0.4) is 0 Å². The van der Waals surface area contributed by atoms with Crippen molar-refractivity contribution < 1.29 is 32.5 Å². The number of ether oxygens (including phenoxy) is 2. The fourth-order valence-electron chi connectivity index (χ4n) is 3.60. The summed E-state index contributed by atoms with van der Waals surface area (Å²) in [5.74, 6) is 3.56. The Morgan fingerprint density at radius 1 is 1.49 bits per heavy atom. The molecule has 0 saturated carbocycles. The molecule has 1 amide bonds. The fourth-order valence-corrected chi connectivity index (χ4v) is 5.01. The first-order chi connectivity index (χ1) is 17.5. The number of amides is 1. The van der Waals surface area contributed by atoms with Crippen LogP contribution < -0.4 is 5.32 Å². The minimum atomic E-state index is -4.99. The van der Waals surface area contributed by atoms with Gasteiger partial charge in [-0.05, 0) is 13.2 Å². The van der Waals surface area contributed by atoms with Gasteiger partial charge in [0.2, 0.25) is 0 Å². The fraction of sp³-hybridized carbons (Fsp3) is 0.545. The minimum absolute atomic E-state index is 0.125. The third-order valence-corrected chi connectivity index (χ3v) is 7.05. The molecule has 4 atom stereocenters. The first-order valence-electron chi connectivity index (χ1n) is 11.1. The summed E-state index contributed by atoms with van der Waals surface area (Å²) in [6.07, 6.45) is 0.409. The zero-order chi connectivity index (χ0) is 27.2. The van der Waals surface area contributed by atoms with Crippen LogP contribution in [0.5, 0.6) is 0 Å². The number of aliphatic hydroxyl groups excluding tert-OH is 1. The van der Waals surface area contributed by atoms with E-state index in [2.05, 4.69) is 26.8 Å². The van der Waals surface area contributed by atoms with Gasteiger partial charge in [-0.15, -0.1) is 0 Å². The van der Waals surface area contributed by atoms with Gasteiger partial charge in [0.25, 0.3) is 0 Å². The number of aliphatic imine (C=N–C) groups is 1. The SMILES string of the molecule is CSS[C@H](C)OC1C[C@H](n2cc(C#CCNC(=O)C(F)(F)F)c3c(N=CN(C)C)ncnc32)O[C@@H]1CO. The van der Waals surface area contributed by atoms with Crippen molar-refractivity contribution in [2.75, 3.05) is 33.5 Å². The van der Waals surface area contributed by atoms with E-state index in [0.29, 0.717) is 28.8 Å². The second-order valence-corrected chi connectivity index (χ2v) is 10.9. The monoisotopic (exact) mass is 560 g/mol. The van der Waals surface area contributed by atoms with Gasteiger partial charge in [0.15, 0.2) is 5.82 Å². The van der Waals surface area contributed by atoms with Crippen molar-refractivity contribution in [3.05, 3.63) is 18.1 Å². The van der Waals surface area contributed by atoms with Crippen LogP contribution in [0.15, 0.2) is 17.5 Å². The molecule has 202 valence electrons. The molecule has 1 saturated heterocycles. The first kappa shape index (κ1) is 29.1. The van der Waals surface area contributed by atoms with Crippen molar-refractivity contribution in [1.29, 1.82) is 0 Å². The number of nitrogens with one attached hydrogen (secondary N) is 1. The van der Waals surface area contributed by atoms with Crippen molar-refractivity contribution in [2.45, 2.75) is 43.4 Å². The molecule has 37 heavy (non-hydrogen) atoms. The van der Waals surface area contributed by atoms with Crippen molar-refractivity contribution in [1.82, 2.24) is 24.8 Å². The van der Waals surface area contributed by atoms with E-state index in [-0.39, 0.29) is 18.1 Å². The lowest BCUT2D eigenvalue weighted by Crippen LogP contribution is -2.36. The Bertz CT molecular complexity index is 1180. The molecule has 1 fully saturated rings. The van der Waals surface area contributed by atoms with E-state index >= 15 is 0 Å². The van der Waals surface area contributed by atoms with Gasteiger partial charge < -0.3 is 29.4 Å². The largest absolute Gasteiger partial charge is 0.471 e. The lowest BCUT2D eigenvalue weighted by Gasteiger charge is -2.20. The molecule has 1 aliphatic rings. The number of carbonyl (C=O) groups excluding carboxylic acids is 1. The quantitative estimate of drug-likeness (QED) is 0.157. The van der Waals surface area contributed by atoms with E-state index in [9.17, 15) is 23.1 Å². The van der Waals surface area contributed by atoms with Crippen LogP contribution >= 0.6 is 21.6 Å². The van der Waals surface area contributed by atoms with E-state index in [1.165, 1.54) is 6.33 Å². The molecule has 2 N–H and O–H groups in total. The summed E-state index contributed by atoms with van der Waals surface area (Å²) >= 11 is 0. The Hall–Kier alpha value is -2.51. The van der Waals surface area contributed by atoms with E-state index in [4.69, 9.17) is 9.47 Å². The molecular weight excluding hydrogens is 533 g/mol. The van der Waals surface area contributed by atoms with Gasteiger partial charge in [0.05, 0.1) is 36.5 Å². The number of hydrogen-bond donors (Lipinski definition) is 2. The molecule has 0 bridgehead atoms. The smallest absolute Gasteiger partial charge is 0.394 e.